The van der Waals surface area contributed by atoms with Crippen molar-refractivity contribution in [3.8, 4) is 0 Å². The number of likely N-dealkylation sites (tertiary alicyclic amines) is 1. The van der Waals surface area contributed by atoms with Crippen molar-refractivity contribution in [1.29, 1.82) is 0 Å². The van der Waals surface area contributed by atoms with Gasteiger partial charge in [0.15, 0.2) is 0 Å². The minimum absolute atomic E-state index is 0.113. The average molecular weight is 295 g/mol. The van der Waals surface area contributed by atoms with E-state index in [2.05, 4.69) is 11.8 Å². The maximum atomic E-state index is 12.7. The molecule has 3 rings (SSSR count). The van der Waals surface area contributed by atoms with Gasteiger partial charge < -0.3 is 14.9 Å². The predicted molar refractivity (Wildman–Crippen MR) is 78.1 cm³/mol. The molecule has 118 valence electrons. The van der Waals surface area contributed by atoms with Crippen molar-refractivity contribution in [2.24, 2.45) is 5.92 Å². The van der Waals surface area contributed by atoms with E-state index in [0.29, 0.717) is 19.1 Å². The Kier molecular flexibility index (Phi) is 4.06. The number of rotatable bonds is 2. The number of piperazine rings is 1. The minimum Gasteiger partial charge on any atom is -0.481 e. The highest BCUT2D eigenvalue weighted by Gasteiger charge is 2.39. The van der Waals surface area contributed by atoms with E-state index in [9.17, 15) is 9.59 Å². The number of urea groups is 1. The van der Waals surface area contributed by atoms with Crippen LogP contribution in [0.3, 0.4) is 0 Å². The van der Waals surface area contributed by atoms with E-state index in [1.807, 2.05) is 9.80 Å². The Morgan fingerprint density at radius 3 is 2.71 bits per heavy atom. The van der Waals surface area contributed by atoms with Gasteiger partial charge in [-0.2, -0.15) is 0 Å². The van der Waals surface area contributed by atoms with Gasteiger partial charge in [0, 0.05) is 44.7 Å². The molecule has 6 nitrogen and oxygen atoms in total. The number of nitrogens with zero attached hydrogens (tertiary/aromatic N) is 3. The van der Waals surface area contributed by atoms with Crippen LogP contribution in [0.15, 0.2) is 0 Å². The van der Waals surface area contributed by atoms with Crippen molar-refractivity contribution in [2.75, 3.05) is 32.7 Å². The van der Waals surface area contributed by atoms with Crippen LogP contribution in [0.2, 0.25) is 0 Å². The third-order valence-corrected chi connectivity index (χ3v) is 5.20. The van der Waals surface area contributed by atoms with Gasteiger partial charge in [-0.3, -0.25) is 9.69 Å². The summed E-state index contributed by atoms with van der Waals surface area (Å²) in [6.45, 7) is 6.40. The van der Waals surface area contributed by atoms with Crippen LogP contribution in [0.5, 0.6) is 0 Å². The predicted octanol–water partition coefficient (Wildman–Crippen LogP) is 1.07. The summed E-state index contributed by atoms with van der Waals surface area (Å²) in [5, 5.41) is 8.87. The van der Waals surface area contributed by atoms with Crippen LogP contribution in [0.4, 0.5) is 4.79 Å². The summed E-state index contributed by atoms with van der Waals surface area (Å²) in [7, 11) is 0. The fourth-order valence-electron chi connectivity index (χ4n) is 4.06. The highest BCUT2D eigenvalue weighted by Crippen LogP contribution is 2.27. The summed E-state index contributed by atoms with van der Waals surface area (Å²) in [6, 6.07) is 0.898. The molecule has 3 unspecified atom stereocenters. The normalized spacial score (nSPS) is 33.3. The number of hydrogen-bond acceptors (Lipinski definition) is 3. The van der Waals surface area contributed by atoms with Gasteiger partial charge in [0.05, 0.1) is 0 Å². The van der Waals surface area contributed by atoms with E-state index in [0.717, 1.165) is 19.5 Å². The second-order valence-corrected chi connectivity index (χ2v) is 6.77. The van der Waals surface area contributed by atoms with Crippen molar-refractivity contribution in [3.05, 3.63) is 0 Å². The van der Waals surface area contributed by atoms with E-state index in [4.69, 9.17) is 5.11 Å². The Bertz CT molecular complexity index is 428. The third-order valence-electron chi connectivity index (χ3n) is 5.20. The summed E-state index contributed by atoms with van der Waals surface area (Å²) in [6.07, 6.45) is 3.42. The van der Waals surface area contributed by atoms with Crippen LogP contribution >= 0.6 is 0 Å². The van der Waals surface area contributed by atoms with Crippen molar-refractivity contribution in [2.45, 2.75) is 44.7 Å². The van der Waals surface area contributed by atoms with E-state index < -0.39 is 5.97 Å². The number of fused-ring (bicyclic) bond motifs is 1. The van der Waals surface area contributed by atoms with E-state index in [1.54, 1.807) is 0 Å². The van der Waals surface area contributed by atoms with Crippen LogP contribution in [0.1, 0.15) is 32.6 Å². The lowest BCUT2D eigenvalue weighted by molar-refractivity contribution is -0.138. The first kappa shape index (κ1) is 14.6. The summed E-state index contributed by atoms with van der Waals surface area (Å²) < 4.78 is 0. The summed E-state index contributed by atoms with van der Waals surface area (Å²) in [5.74, 6) is -0.642. The van der Waals surface area contributed by atoms with Crippen LogP contribution < -0.4 is 0 Å². The van der Waals surface area contributed by atoms with Crippen molar-refractivity contribution in [1.82, 2.24) is 14.7 Å². The maximum absolute atomic E-state index is 12.7. The smallest absolute Gasteiger partial charge is 0.320 e. The lowest BCUT2D eigenvalue weighted by atomic mass is 10.1. The fraction of sp³-hybridized carbons (Fsp3) is 0.867. The second-order valence-electron chi connectivity index (χ2n) is 6.77. The number of carboxylic acids is 1. The van der Waals surface area contributed by atoms with Crippen molar-refractivity contribution < 1.29 is 14.7 Å². The van der Waals surface area contributed by atoms with Crippen molar-refractivity contribution in [3.63, 3.8) is 0 Å². The van der Waals surface area contributed by atoms with Crippen LogP contribution in [-0.2, 0) is 4.79 Å². The molecular weight excluding hydrogens is 270 g/mol. The molecule has 3 heterocycles. The molecule has 21 heavy (non-hydrogen) atoms. The van der Waals surface area contributed by atoms with Gasteiger partial charge in [0.1, 0.15) is 0 Å². The number of carbonyl (C=O) groups is 2. The second kappa shape index (κ2) is 5.83. The molecular formula is C15H25N3O3. The lowest BCUT2D eigenvalue weighted by Crippen LogP contribution is -2.59. The van der Waals surface area contributed by atoms with Crippen LogP contribution in [0, 0.1) is 5.92 Å². The number of carbonyl (C=O) groups excluding carboxylic acids is 1. The third kappa shape index (κ3) is 3.00. The highest BCUT2D eigenvalue weighted by atomic mass is 16.4. The molecule has 0 radical (unpaired) electrons. The first-order chi connectivity index (χ1) is 10.0. The molecule has 3 aliphatic rings. The Morgan fingerprint density at radius 1 is 1.14 bits per heavy atom. The Hall–Kier alpha value is -1.30. The van der Waals surface area contributed by atoms with Gasteiger partial charge in [-0.15, -0.1) is 0 Å². The minimum atomic E-state index is -0.762. The molecule has 3 fully saturated rings. The molecule has 3 saturated heterocycles. The molecule has 3 aliphatic heterocycles. The first-order valence-electron chi connectivity index (χ1n) is 8.06. The highest BCUT2D eigenvalue weighted by molar-refractivity contribution is 5.75. The molecule has 0 aliphatic carbocycles. The maximum Gasteiger partial charge on any atom is 0.320 e. The molecule has 3 atom stereocenters. The Morgan fingerprint density at radius 2 is 1.95 bits per heavy atom. The first-order valence-corrected chi connectivity index (χ1v) is 8.06. The Labute approximate surface area is 125 Å². The molecule has 0 aromatic heterocycles. The summed E-state index contributed by atoms with van der Waals surface area (Å²) >= 11 is 0. The molecule has 6 heteroatoms. The van der Waals surface area contributed by atoms with Gasteiger partial charge in [-0.05, 0) is 38.6 Å². The van der Waals surface area contributed by atoms with E-state index >= 15 is 0 Å². The van der Waals surface area contributed by atoms with Crippen LogP contribution in [-0.4, -0.2) is 76.6 Å². The molecule has 0 saturated carbocycles. The monoisotopic (exact) mass is 295 g/mol. The molecule has 1 N–H and O–H groups in total. The topological polar surface area (TPSA) is 64.1 Å². The zero-order valence-electron chi connectivity index (χ0n) is 12.7. The number of amides is 2. The Balaban J connectivity index is 1.59. The standard InChI is InChI=1S/C15H25N3O3/c1-11-8-16-5-2-3-13(16)10-18(11)15(21)17-6-4-12(9-17)7-14(19)20/h11-13H,2-10H2,1H3,(H,19,20). The van der Waals surface area contributed by atoms with Gasteiger partial charge >= 0.3 is 12.0 Å². The number of hydrogen-bond donors (Lipinski definition) is 1. The van der Waals surface area contributed by atoms with Crippen molar-refractivity contribution >= 4 is 12.0 Å². The summed E-state index contributed by atoms with van der Waals surface area (Å²) in [5.41, 5.74) is 0. The van der Waals surface area contributed by atoms with Gasteiger partial charge in [0.25, 0.3) is 0 Å². The van der Waals surface area contributed by atoms with Gasteiger partial charge in [0.2, 0.25) is 0 Å². The molecule has 0 aromatic carbocycles. The number of carboxylic acid groups (broad SMARTS) is 1. The largest absolute Gasteiger partial charge is 0.481 e. The average Bonchev–Trinajstić information content (AvgIpc) is 3.04. The quantitative estimate of drug-likeness (QED) is 0.828. The SMILES string of the molecule is CC1CN2CCCC2CN1C(=O)N1CCC(CC(=O)O)C1. The number of aliphatic carboxylic acids is 1. The van der Waals surface area contributed by atoms with E-state index in [1.165, 1.54) is 19.4 Å². The molecule has 0 bridgehead atoms. The van der Waals surface area contributed by atoms with E-state index in [-0.39, 0.29) is 24.4 Å². The lowest BCUT2D eigenvalue weighted by Gasteiger charge is -2.43. The zero-order valence-corrected chi connectivity index (χ0v) is 12.7. The zero-order chi connectivity index (χ0) is 15.0. The molecule has 2 amide bonds. The molecule has 0 aromatic rings. The van der Waals surface area contributed by atoms with Gasteiger partial charge in [-0.1, -0.05) is 0 Å². The molecule has 0 spiro atoms. The van der Waals surface area contributed by atoms with Gasteiger partial charge in [-0.25, -0.2) is 4.79 Å². The van der Waals surface area contributed by atoms with Crippen LogP contribution in [0.25, 0.3) is 0 Å². The summed E-state index contributed by atoms with van der Waals surface area (Å²) in [4.78, 5) is 29.9. The fourth-order valence-corrected chi connectivity index (χ4v) is 4.06.